The number of pyridine rings is 3. The molecule has 0 saturated carbocycles. The van der Waals surface area contributed by atoms with Gasteiger partial charge in [-0.1, -0.05) is 328 Å². The lowest BCUT2D eigenvalue weighted by atomic mass is 9.86. The molecule has 0 bridgehead atoms. The highest BCUT2D eigenvalue weighted by Gasteiger charge is 2.21. The van der Waals surface area contributed by atoms with E-state index in [-0.39, 0.29) is 0 Å². The number of benzene rings is 13. The van der Waals surface area contributed by atoms with Gasteiger partial charge in [0.15, 0.2) is 34.9 Å². The van der Waals surface area contributed by atoms with Crippen molar-refractivity contribution in [3.8, 4) is 169 Å². The fourth-order valence-corrected chi connectivity index (χ4v) is 15.0. The molecule has 0 fully saturated rings. The molecule has 19 rings (SSSR count). The SMILES string of the molecule is c1ccc(Cc2nc(-c3ccccc3)nc(-c3ccc(-c4ccc(-c5ccccc5-c5cc(-c6ccccc6-c6ccc(-c7ccc(-c8nc(Cc9ccccc9)nc(-c9ccccc9)n8)cn7)cc6)cc(-c6ccccc6-c6ccc(-c7ccc(-c8nc(Cc9ccccc9)nc(-c9ccccc9)n8)cn7)cc6)c5)cc4)nc3)n2)cc1. The first kappa shape index (κ1) is 71.6. The minimum absolute atomic E-state index is 0.575. The molecule has 0 unspecified atom stereocenters. The van der Waals surface area contributed by atoms with Gasteiger partial charge in [0.05, 0.1) is 17.1 Å². The van der Waals surface area contributed by atoms with Crippen LogP contribution >= 0.6 is 0 Å². The zero-order valence-electron chi connectivity index (χ0n) is 63.6. The van der Waals surface area contributed by atoms with Crippen LogP contribution in [0.3, 0.4) is 0 Å². The van der Waals surface area contributed by atoms with Gasteiger partial charge in [-0.05, 0) is 138 Å². The summed E-state index contributed by atoms with van der Waals surface area (Å²) >= 11 is 0. The number of rotatable bonds is 21. The first-order valence-electron chi connectivity index (χ1n) is 39.1. The smallest absolute Gasteiger partial charge is 0.165 e. The van der Waals surface area contributed by atoms with Crippen molar-refractivity contribution >= 4 is 0 Å². The second-order valence-electron chi connectivity index (χ2n) is 28.7. The van der Waals surface area contributed by atoms with E-state index >= 15 is 0 Å². The third kappa shape index (κ3) is 16.1. The topological polar surface area (TPSA) is 155 Å². The third-order valence-electron chi connectivity index (χ3n) is 20.9. The zero-order chi connectivity index (χ0) is 78.1. The molecule has 0 amide bonds. The molecular weight excluding hydrogens is 1430 g/mol. The van der Waals surface area contributed by atoms with Crippen molar-refractivity contribution in [2.75, 3.05) is 0 Å². The summed E-state index contributed by atoms with van der Waals surface area (Å²) in [6.45, 7) is 0. The van der Waals surface area contributed by atoms with Gasteiger partial charge in [0.1, 0.15) is 17.5 Å². The first-order chi connectivity index (χ1) is 57.9. The Labute approximate surface area is 678 Å². The van der Waals surface area contributed by atoms with E-state index in [0.29, 0.717) is 71.7 Å². The Morgan fingerprint density at radius 3 is 0.573 bits per heavy atom. The van der Waals surface area contributed by atoms with E-state index in [4.69, 9.17) is 59.8 Å². The molecule has 19 aromatic rings. The van der Waals surface area contributed by atoms with Crippen LogP contribution in [0.5, 0.6) is 0 Å². The molecule has 0 aliphatic rings. The Balaban J connectivity index is 0.647. The molecule has 117 heavy (non-hydrogen) atoms. The maximum absolute atomic E-state index is 5.03. The molecule has 0 atom stereocenters. The lowest BCUT2D eigenvalue weighted by molar-refractivity contribution is 0.931. The van der Waals surface area contributed by atoms with Crippen molar-refractivity contribution in [2.45, 2.75) is 19.3 Å². The Hall–Kier alpha value is -15.7. The Kier molecular flexibility index (Phi) is 20.2. The van der Waals surface area contributed by atoms with E-state index in [9.17, 15) is 0 Å². The summed E-state index contributed by atoms with van der Waals surface area (Å²) in [6, 6.07) is 133. The van der Waals surface area contributed by atoms with E-state index in [1.54, 1.807) is 0 Å². The fraction of sp³-hybridized carbons (Fsp3) is 0.0286. The minimum Gasteiger partial charge on any atom is -0.255 e. The molecule has 6 heterocycles. The van der Waals surface area contributed by atoms with Gasteiger partial charge in [-0.15, -0.1) is 0 Å². The highest BCUT2D eigenvalue weighted by molar-refractivity contribution is 5.95. The van der Waals surface area contributed by atoms with Crippen molar-refractivity contribution < 1.29 is 0 Å². The molecular formula is C105H72N12. The van der Waals surface area contributed by atoms with Crippen molar-refractivity contribution in [1.82, 2.24) is 59.8 Å². The van der Waals surface area contributed by atoms with Gasteiger partial charge in [0, 0.05) is 87.9 Å². The van der Waals surface area contributed by atoms with Crippen LogP contribution in [0, 0.1) is 0 Å². The molecule has 13 aromatic carbocycles. The average Bonchev–Trinajstić information content (AvgIpc) is 0.687. The van der Waals surface area contributed by atoms with Crippen LogP contribution in [0.2, 0.25) is 0 Å². The van der Waals surface area contributed by atoms with Crippen molar-refractivity contribution in [1.29, 1.82) is 0 Å². The molecule has 552 valence electrons. The van der Waals surface area contributed by atoms with Crippen LogP contribution in [-0.2, 0) is 19.3 Å². The largest absolute Gasteiger partial charge is 0.255 e. The third-order valence-corrected chi connectivity index (χ3v) is 20.9. The minimum atomic E-state index is 0.575. The Morgan fingerprint density at radius 1 is 0.145 bits per heavy atom. The zero-order valence-corrected chi connectivity index (χ0v) is 63.6. The van der Waals surface area contributed by atoms with E-state index in [1.807, 2.05) is 182 Å². The lowest BCUT2D eigenvalue weighted by Gasteiger charge is -2.18. The molecule has 0 radical (unpaired) electrons. The molecule has 12 heteroatoms. The van der Waals surface area contributed by atoms with Crippen LogP contribution in [0.15, 0.2) is 401 Å². The Bertz CT molecular complexity index is 6020. The summed E-state index contributed by atoms with van der Waals surface area (Å²) in [7, 11) is 0. The second-order valence-corrected chi connectivity index (χ2v) is 28.7. The van der Waals surface area contributed by atoms with E-state index in [2.05, 4.69) is 218 Å². The van der Waals surface area contributed by atoms with Gasteiger partial charge in [0.25, 0.3) is 0 Å². The standard InChI is InChI=1S/C105H72N12/c1-7-25-70(26-8-1)61-97-109-100(79-31-13-4-14-32-79)115-103(112-97)82-55-58-94(106-67-82)76-49-43-73(44-50-76)88-37-19-22-40-91(88)85-64-86(92-41-23-20-38-89(92)74-45-51-77(52-46-74)95-59-56-83(68-107-95)104-113-98(62-71-27-9-2-10-28-71)110-101(116-104)80-33-15-5-16-34-80)66-87(65-85)93-42-24-21-39-90(93)75-47-53-78(54-48-75)96-60-57-84(69-108-96)105-114-99(63-72-29-11-3-12-30-72)111-102(117-105)81-35-17-6-18-36-81/h1-60,64-69H,61-63H2. The molecule has 12 nitrogen and oxygen atoms in total. The molecule has 0 spiro atoms. The van der Waals surface area contributed by atoms with Crippen molar-refractivity contribution in [2.24, 2.45) is 0 Å². The summed E-state index contributed by atoms with van der Waals surface area (Å²) in [4.78, 5) is 59.8. The van der Waals surface area contributed by atoms with Gasteiger partial charge in [-0.3, -0.25) is 15.0 Å². The van der Waals surface area contributed by atoms with Gasteiger partial charge in [-0.25, -0.2) is 44.9 Å². The van der Waals surface area contributed by atoms with E-state index in [0.717, 1.165) is 151 Å². The maximum Gasteiger partial charge on any atom is 0.165 e. The van der Waals surface area contributed by atoms with Gasteiger partial charge in [-0.2, -0.15) is 0 Å². The monoisotopic (exact) mass is 1500 g/mol. The lowest BCUT2D eigenvalue weighted by Crippen LogP contribution is -2.04. The molecule has 6 aromatic heterocycles. The fourth-order valence-electron chi connectivity index (χ4n) is 15.0. The first-order valence-corrected chi connectivity index (χ1v) is 39.1. The van der Waals surface area contributed by atoms with Crippen LogP contribution in [0.25, 0.3) is 169 Å². The predicted molar refractivity (Wildman–Crippen MR) is 469 cm³/mol. The number of hydrogen-bond acceptors (Lipinski definition) is 12. The quantitative estimate of drug-likeness (QED) is 0.0672. The molecule has 0 N–H and O–H groups in total. The molecule has 0 aliphatic carbocycles. The molecule has 0 aliphatic heterocycles. The van der Waals surface area contributed by atoms with E-state index in [1.165, 1.54) is 0 Å². The normalized spacial score (nSPS) is 11.2. The van der Waals surface area contributed by atoms with Crippen molar-refractivity contribution in [3.63, 3.8) is 0 Å². The Morgan fingerprint density at radius 2 is 0.342 bits per heavy atom. The summed E-state index contributed by atoms with van der Waals surface area (Å²) in [6.07, 6.45) is 7.32. The van der Waals surface area contributed by atoms with Crippen LogP contribution in [0.4, 0.5) is 0 Å². The number of hydrogen-bond donors (Lipinski definition) is 0. The van der Waals surface area contributed by atoms with Gasteiger partial charge < -0.3 is 0 Å². The predicted octanol–water partition coefficient (Wildman–Crippen LogP) is 24.2. The highest BCUT2D eigenvalue weighted by atomic mass is 15.1. The average molecular weight is 1500 g/mol. The summed E-state index contributed by atoms with van der Waals surface area (Å²) in [5.74, 6) is 5.68. The summed E-state index contributed by atoms with van der Waals surface area (Å²) in [5, 5.41) is 0. The maximum atomic E-state index is 5.03. The van der Waals surface area contributed by atoms with E-state index < -0.39 is 0 Å². The summed E-state index contributed by atoms with van der Waals surface area (Å²) in [5.41, 5.74) is 27.0. The van der Waals surface area contributed by atoms with Crippen LogP contribution in [-0.4, -0.2) is 59.8 Å². The molecule has 0 saturated heterocycles. The summed E-state index contributed by atoms with van der Waals surface area (Å²) < 4.78 is 0. The van der Waals surface area contributed by atoms with Gasteiger partial charge >= 0.3 is 0 Å². The number of aromatic nitrogens is 12. The van der Waals surface area contributed by atoms with Gasteiger partial charge in [0.2, 0.25) is 0 Å². The number of nitrogens with zero attached hydrogens (tertiary/aromatic N) is 12. The van der Waals surface area contributed by atoms with Crippen LogP contribution in [0.1, 0.15) is 34.2 Å². The highest BCUT2D eigenvalue weighted by Crippen LogP contribution is 2.44. The van der Waals surface area contributed by atoms with Crippen molar-refractivity contribution in [3.05, 3.63) is 435 Å². The van der Waals surface area contributed by atoms with Crippen LogP contribution < -0.4 is 0 Å². The second kappa shape index (κ2) is 33.0.